The summed E-state index contributed by atoms with van der Waals surface area (Å²) in [5.41, 5.74) is 5.12. The van der Waals surface area contributed by atoms with E-state index >= 15 is 0 Å². The van der Waals surface area contributed by atoms with Crippen LogP contribution in [-0.2, 0) is 0 Å². The minimum Gasteiger partial charge on any atom is -0.454 e. The average molecular weight is 539 g/mol. The molecule has 0 atom stereocenters. The average Bonchev–Trinajstić information content (AvgIpc) is 3.69. The number of halogens is 1. The molecule has 3 aromatic heterocycles. The van der Waals surface area contributed by atoms with E-state index in [4.69, 9.17) is 4.42 Å². The van der Waals surface area contributed by atoms with Crippen LogP contribution in [0, 0.1) is 5.82 Å². The number of carbonyl (C=O) groups excluding carboxylic acids is 2. The number of Topliss-reactive ketones (excluding diaryl/α,β-unsaturated/α-hetero) is 1. The van der Waals surface area contributed by atoms with Crippen molar-refractivity contribution in [1.82, 2.24) is 25.0 Å². The van der Waals surface area contributed by atoms with Crippen LogP contribution in [0.2, 0.25) is 0 Å². The molecule has 0 aliphatic carbocycles. The molecule has 0 aliphatic heterocycles. The quantitative estimate of drug-likeness (QED) is 0.234. The maximum atomic E-state index is 13.4. The van der Waals surface area contributed by atoms with Crippen LogP contribution >= 0.6 is 11.3 Å². The second-order valence-corrected chi connectivity index (χ2v) is 9.45. The Morgan fingerprint density at radius 1 is 0.897 bits per heavy atom. The van der Waals surface area contributed by atoms with Gasteiger partial charge in [-0.15, -0.1) is 5.10 Å². The van der Waals surface area contributed by atoms with Crippen molar-refractivity contribution in [2.45, 2.75) is 6.92 Å². The maximum Gasteiger partial charge on any atom is 0.291 e. The van der Waals surface area contributed by atoms with Gasteiger partial charge in [-0.3, -0.25) is 9.59 Å². The van der Waals surface area contributed by atoms with Crippen LogP contribution in [0.1, 0.15) is 27.2 Å². The zero-order valence-corrected chi connectivity index (χ0v) is 21.2. The highest BCUT2D eigenvalue weighted by Crippen LogP contribution is 2.30. The molecule has 192 valence electrons. The molecular weight excluding hydrogens is 519 g/mol. The summed E-state index contributed by atoms with van der Waals surface area (Å²) in [6.45, 7) is 1.38. The minimum absolute atomic E-state index is 0.0997. The first kappa shape index (κ1) is 24.2. The fraction of sp³-hybridized carbons (Fsp3) is 0.0357. The van der Waals surface area contributed by atoms with Gasteiger partial charge in [0, 0.05) is 18.4 Å². The molecule has 0 aliphatic rings. The molecule has 11 heteroatoms. The molecule has 1 N–H and O–H groups in total. The summed E-state index contributed by atoms with van der Waals surface area (Å²) in [5, 5.41) is 14.1. The zero-order chi connectivity index (χ0) is 26.9. The van der Waals surface area contributed by atoms with Crippen LogP contribution in [0.3, 0.4) is 0 Å². The molecule has 3 heterocycles. The lowest BCUT2D eigenvalue weighted by Crippen LogP contribution is -2.24. The number of rotatable bonds is 6. The number of amides is 1. The van der Waals surface area contributed by atoms with E-state index in [0.29, 0.717) is 22.7 Å². The van der Waals surface area contributed by atoms with Crippen LogP contribution in [-0.4, -0.2) is 31.3 Å². The number of fused-ring (bicyclic) bond motifs is 1. The highest BCUT2D eigenvalue weighted by molar-refractivity contribution is 7.10. The Morgan fingerprint density at radius 2 is 1.62 bits per heavy atom. The van der Waals surface area contributed by atoms with Gasteiger partial charge in [0.15, 0.2) is 22.2 Å². The third-order valence-electron chi connectivity index (χ3n) is 5.81. The Bertz CT molecular complexity index is 1870. The number of benzene rings is 3. The van der Waals surface area contributed by atoms with E-state index in [1.54, 1.807) is 10.7 Å². The van der Waals surface area contributed by atoms with Crippen LogP contribution in [0.5, 0.6) is 0 Å². The van der Waals surface area contributed by atoms with E-state index in [0.717, 1.165) is 22.4 Å². The molecule has 3 aromatic carbocycles. The smallest absolute Gasteiger partial charge is 0.291 e. The largest absolute Gasteiger partial charge is 0.454 e. The molecule has 9 nitrogen and oxygen atoms in total. The predicted octanol–water partition coefficient (Wildman–Crippen LogP) is 5.12. The van der Waals surface area contributed by atoms with E-state index in [2.05, 4.69) is 20.7 Å². The summed E-state index contributed by atoms with van der Waals surface area (Å²) in [7, 11) is 0. The Morgan fingerprint density at radius 3 is 2.36 bits per heavy atom. The van der Waals surface area contributed by atoms with Crippen LogP contribution in [0.25, 0.3) is 33.8 Å². The molecule has 6 rings (SSSR count). The molecule has 0 bridgehead atoms. The predicted molar refractivity (Wildman–Crippen MR) is 143 cm³/mol. The van der Waals surface area contributed by atoms with Crippen molar-refractivity contribution in [3.63, 3.8) is 0 Å². The number of ketones is 1. The highest BCUT2D eigenvalue weighted by Gasteiger charge is 2.20. The van der Waals surface area contributed by atoms with Gasteiger partial charge in [0.2, 0.25) is 4.80 Å². The van der Waals surface area contributed by atoms with Crippen molar-refractivity contribution in [2.24, 2.45) is 5.10 Å². The summed E-state index contributed by atoms with van der Waals surface area (Å²) in [6.07, 6.45) is 0. The van der Waals surface area contributed by atoms with Crippen LogP contribution in [0.15, 0.2) is 101 Å². The number of aromatic nitrogens is 4. The van der Waals surface area contributed by atoms with Gasteiger partial charge in [-0.1, -0.05) is 47.7 Å². The van der Waals surface area contributed by atoms with Crippen LogP contribution < -0.4 is 10.2 Å². The number of furan rings is 1. The van der Waals surface area contributed by atoms with E-state index in [9.17, 15) is 14.0 Å². The third kappa shape index (κ3) is 4.78. The number of hydrogen-bond donors (Lipinski definition) is 1. The Hall–Kier alpha value is -5.16. The number of nitrogens with zero attached hydrogens (tertiary/aromatic N) is 5. The van der Waals surface area contributed by atoms with Crippen molar-refractivity contribution < 1.29 is 18.4 Å². The highest BCUT2D eigenvalue weighted by atomic mass is 32.1. The van der Waals surface area contributed by atoms with E-state index in [-0.39, 0.29) is 21.3 Å². The van der Waals surface area contributed by atoms with Crippen LogP contribution in [0.4, 0.5) is 4.39 Å². The molecular formula is C28H19FN6O3S. The number of hydrogen-bond acceptors (Lipinski definition) is 7. The van der Waals surface area contributed by atoms with Gasteiger partial charge >= 0.3 is 0 Å². The summed E-state index contributed by atoms with van der Waals surface area (Å²) in [6, 6.07) is 26.1. The van der Waals surface area contributed by atoms with Gasteiger partial charge in [-0.2, -0.15) is 10.2 Å². The first-order valence-corrected chi connectivity index (χ1v) is 12.6. The lowest BCUT2D eigenvalue weighted by molar-refractivity contribution is 0.0946. The topological polar surface area (TPSA) is 107 Å². The fourth-order valence-corrected chi connectivity index (χ4v) is 4.71. The molecule has 0 spiro atoms. The number of carbonyl (C=O) groups is 2. The Kier molecular flexibility index (Phi) is 6.17. The number of para-hydroxylation sites is 2. The molecule has 0 saturated carbocycles. The lowest BCUT2D eigenvalue weighted by Gasteiger charge is -2.04. The molecule has 0 radical (unpaired) electrons. The minimum atomic E-state index is -0.578. The van der Waals surface area contributed by atoms with Gasteiger partial charge < -0.3 is 4.42 Å². The van der Waals surface area contributed by atoms with Crippen molar-refractivity contribution in [2.75, 3.05) is 0 Å². The molecule has 0 fully saturated rings. The molecule has 0 saturated heterocycles. The summed E-state index contributed by atoms with van der Waals surface area (Å²) in [5.74, 6) is -0.708. The first-order chi connectivity index (χ1) is 19.0. The zero-order valence-electron chi connectivity index (χ0n) is 20.4. The number of nitrogens with one attached hydrogen (secondary N) is 1. The lowest BCUT2D eigenvalue weighted by atomic mass is 10.2. The monoisotopic (exact) mass is 538 g/mol. The van der Waals surface area contributed by atoms with Gasteiger partial charge in [0.25, 0.3) is 5.91 Å². The second kappa shape index (κ2) is 9.95. The Balaban J connectivity index is 1.39. The van der Waals surface area contributed by atoms with Gasteiger partial charge in [-0.25, -0.2) is 19.2 Å². The van der Waals surface area contributed by atoms with Crippen molar-refractivity contribution in [1.29, 1.82) is 0 Å². The Labute approximate surface area is 224 Å². The standard InChI is InChI=1S/C28H19FN6O3S/c1-17(36)27-33-35(21-13-11-19(29)12-14-21)28(39-27)31-30-26(37)22-16-23(34(32-22)20-8-3-2-4-9-20)25-15-18-7-5-6-10-24(18)38-25/h2-16H,1H3,(H,30,37)/b31-28-. The maximum absolute atomic E-state index is 13.4. The molecule has 0 unspecified atom stereocenters. The second-order valence-electron chi connectivity index (χ2n) is 8.50. The summed E-state index contributed by atoms with van der Waals surface area (Å²) < 4.78 is 22.5. The van der Waals surface area contributed by atoms with E-state index in [1.165, 1.54) is 35.9 Å². The third-order valence-corrected chi connectivity index (χ3v) is 6.82. The van der Waals surface area contributed by atoms with E-state index in [1.807, 2.05) is 60.7 Å². The molecule has 39 heavy (non-hydrogen) atoms. The molecule has 6 aromatic rings. The van der Waals surface area contributed by atoms with Gasteiger partial charge in [-0.05, 0) is 48.5 Å². The van der Waals surface area contributed by atoms with Gasteiger partial charge in [0.05, 0.1) is 11.4 Å². The van der Waals surface area contributed by atoms with Gasteiger partial charge in [0.1, 0.15) is 17.1 Å². The van der Waals surface area contributed by atoms with E-state index < -0.39 is 11.7 Å². The fourth-order valence-electron chi connectivity index (χ4n) is 3.94. The summed E-state index contributed by atoms with van der Waals surface area (Å²) >= 11 is 0.995. The summed E-state index contributed by atoms with van der Waals surface area (Å²) in [4.78, 5) is 25.4. The first-order valence-electron chi connectivity index (χ1n) is 11.8. The van der Waals surface area contributed by atoms with Crippen molar-refractivity contribution in [3.8, 4) is 22.8 Å². The SMILES string of the molecule is CC(=O)c1nn(-c2ccc(F)cc2)/c(=N/NC(=O)c2cc(-c3cc4ccccc4o3)n(-c3ccccc3)n2)s1. The van der Waals surface area contributed by atoms with Crippen molar-refractivity contribution >= 4 is 34.0 Å². The van der Waals surface area contributed by atoms with Crippen molar-refractivity contribution in [3.05, 3.63) is 112 Å². The molecule has 1 amide bonds. The normalized spacial score (nSPS) is 11.7.